The fourth-order valence-corrected chi connectivity index (χ4v) is 3.22. The second kappa shape index (κ2) is 5.41. The Labute approximate surface area is 124 Å². The molecule has 3 aromatic rings. The third-order valence-electron chi connectivity index (χ3n) is 4.35. The summed E-state index contributed by atoms with van der Waals surface area (Å²) in [6.07, 6.45) is 2.67. The molecule has 0 amide bonds. The zero-order valence-electron chi connectivity index (χ0n) is 12.1. The number of aromatic amines is 1. The number of likely N-dealkylation sites (tertiary alicyclic amines) is 1. The van der Waals surface area contributed by atoms with E-state index in [2.05, 4.69) is 52.3 Å². The number of aromatic nitrogens is 1. The molecule has 0 unspecified atom stereocenters. The Morgan fingerprint density at radius 1 is 0.952 bits per heavy atom. The van der Waals surface area contributed by atoms with Crippen molar-refractivity contribution in [2.45, 2.75) is 12.8 Å². The summed E-state index contributed by atoms with van der Waals surface area (Å²) in [6, 6.07) is 14.7. The van der Waals surface area contributed by atoms with E-state index in [0.29, 0.717) is 0 Å². The topological polar surface area (TPSA) is 28.3 Å². The van der Waals surface area contributed by atoms with E-state index in [0.717, 1.165) is 18.9 Å². The van der Waals surface area contributed by atoms with Gasteiger partial charge < -0.3 is 9.72 Å². The summed E-state index contributed by atoms with van der Waals surface area (Å²) in [6.45, 7) is 4.26. The molecule has 1 aliphatic heterocycles. The minimum atomic E-state index is 0.772. The molecule has 3 nitrogen and oxygen atoms in total. The van der Waals surface area contributed by atoms with Crippen LogP contribution >= 0.6 is 0 Å². The van der Waals surface area contributed by atoms with E-state index in [1.165, 1.54) is 47.7 Å². The van der Waals surface area contributed by atoms with Crippen molar-refractivity contribution in [1.29, 1.82) is 0 Å². The van der Waals surface area contributed by atoms with E-state index in [9.17, 15) is 0 Å². The maximum atomic E-state index is 5.94. The van der Waals surface area contributed by atoms with Gasteiger partial charge in [-0.2, -0.15) is 0 Å². The third kappa shape index (κ3) is 2.49. The summed E-state index contributed by atoms with van der Waals surface area (Å²) in [5.41, 5.74) is 2.35. The number of nitrogens with one attached hydrogen (secondary N) is 1. The van der Waals surface area contributed by atoms with Crippen molar-refractivity contribution < 1.29 is 4.74 Å². The van der Waals surface area contributed by atoms with Gasteiger partial charge in [0.05, 0.1) is 0 Å². The average molecular weight is 280 g/mol. The van der Waals surface area contributed by atoms with Gasteiger partial charge in [-0.3, -0.25) is 4.90 Å². The van der Waals surface area contributed by atoms with Crippen molar-refractivity contribution in [2.24, 2.45) is 0 Å². The highest BCUT2D eigenvalue weighted by atomic mass is 16.5. The van der Waals surface area contributed by atoms with E-state index in [1.807, 2.05) is 0 Å². The van der Waals surface area contributed by atoms with Crippen LogP contribution in [0.2, 0.25) is 0 Å². The Morgan fingerprint density at radius 2 is 1.76 bits per heavy atom. The Bertz CT molecular complexity index is 756. The first kappa shape index (κ1) is 12.7. The highest BCUT2D eigenvalue weighted by Crippen LogP contribution is 2.28. The lowest BCUT2D eigenvalue weighted by molar-refractivity contribution is 0.238. The van der Waals surface area contributed by atoms with Crippen molar-refractivity contribution in [3.63, 3.8) is 0 Å². The van der Waals surface area contributed by atoms with Crippen LogP contribution in [0.15, 0.2) is 42.5 Å². The maximum absolute atomic E-state index is 5.94. The number of nitrogens with zero attached hydrogens (tertiary/aromatic N) is 1. The Hall–Kier alpha value is -2.00. The highest BCUT2D eigenvalue weighted by molar-refractivity contribution is 6.07. The fraction of sp³-hybridized carbons (Fsp3) is 0.333. The number of ether oxygens (including phenoxy) is 1. The minimum absolute atomic E-state index is 0.772. The number of rotatable bonds is 4. The molecule has 2 heterocycles. The standard InChI is InChI=1S/C18H20N2O/c1-2-6-17-15(5-1)16-13-14(7-8-18(16)19-17)21-12-11-20-9-3-4-10-20/h1-2,5-8,13,19H,3-4,9-12H2. The predicted molar refractivity (Wildman–Crippen MR) is 87.0 cm³/mol. The molecule has 108 valence electrons. The molecular weight excluding hydrogens is 260 g/mol. The zero-order chi connectivity index (χ0) is 14.1. The molecule has 1 fully saturated rings. The molecule has 3 heteroatoms. The van der Waals surface area contributed by atoms with Gasteiger partial charge in [-0.25, -0.2) is 0 Å². The molecule has 4 rings (SSSR count). The number of H-pyrrole nitrogens is 1. The van der Waals surface area contributed by atoms with Gasteiger partial charge in [0.25, 0.3) is 0 Å². The number of para-hydroxylation sites is 1. The largest absolute Gasteiger partial charge is 0.492 e. The average Bonchev–Trinajstić information content (AvgIpc) is 3.14. The van der Waals surface area contributed by atoms with Crippen LogP contribution in [0.25, 0.3) is 21.8 Å². The summed E-state index contributed by atoms with van der Waals surface area (Å²) >= 11 is 0. The van der Waals surface area contributed by atoms with Crippen LogP contribution in [0.4, 0.5) is 0 Å². The Balaban J connectivity index is 1.53. The molecular formula is C18H20N2O. The molecule has 1 saturated heterocycles. The first-order valence-electron chi connectivity index (χ1n) is 7.76. The molecule has 0 atom stereocenters. The van der Waals surface area contributed by atoms with Crippen molar-refractivity contribution in [3.05, 3.63) is 42.5 Å². The molecule has 1 N–H and O–H groups in total. The van der Waals surface area contributed by atoms with E-state index >= 15 is 0 Å². The molecule has 1 aliphatic rings. The van der Waals surface area contributed by atoms with Gasteiger partial charge in [-0.15, -0.1) is 0 Å². The molecule has 2 aromatic carbocycles. The summed E-state index contributed by atoms with van der Waals surface area (Å²) in [5, 5.41) is 2.50. The maximum Gasteiger partial charge on any atom is 0.120 e. The van der Waals surface area contributed by atoms with Gasteiger partial charge in [0.1, 0.15) is 12.4 Å². The van der Waals surface area contributed by atoms with E-state index in [-0.39, 0.29) is 0 Å². The number of hydrogen-bond donors (Lipinski definition) is 1. The number of benzene rings is 2. The van der Waals surface area contributed by atoms with Crippen LogP contribution in [0.3, 0.4) is 0 Å². The van der Waals surface area contributed by atoms with Crippen LogP contribution < -0.4 is 4.74 Å². The van der Waals surface area contributed by atoms with E-state index in [4.69, 9.17) is 4.74 Å². The predicted octanol–water partition coefficient (Wildman–Crippen LogP) is 3.80. The molecule has 0 radical (unpaired) electrons. The van der Waals surface area contributed by atoms with Gasteiger partial charge in [-0.05, 0) is 50.2 Å². The van der Waals surface area contributed by atoms with Gasteiger partial charge in [0.15, 0.2) is 0 Å². The quantitative estimate of drug-likeness (QED) is 0.787. The lowest BCUT2D eigenvalue weighted by Crippen LogP contribution is -2.25. The highest BCUT2D eigenvalue weighted by Gasteiger charge is 2.11. The Morgan fingerprint density at radius 3 is 2.67 bits per heavy atom. The van der Waals surface area contributed by atoms with Crippen LogP contribution in [-0.2, 0) is 0 Å². The van der Waals surface area contributed by atoms with Gasteiger partial charge >= 0.3 is 0 Å². The summed E-state index contributed by atoms with van der Waals surface area (Å²) in [5.74, 6) is 0.964. The summed E-state index contributed by atoms with van der Waals surface area (Å²) < 4.78 is 5.94. The molecule has 0 saturated carbocycles. The van der Waals surface area contributed by atoms with Gasteiger partial charge in [0.2, 0.25) is 0 Å². The molecule has 0 aliphatic carbocycles. The normalized spacial score (nSPS) is 16.0. The first-order chi connectivity index (χ1) is 10.4. The lowest BCUT2D eigenvalue weighted by Gasteiger charge is -2.14. The van der Waals surface area contributed by atoms with Crippen LogP contribution in [0.5, 0.6) is 5.75 Å². The van der Waals surface area contributed by atoms with Crippen LogP contribution in [0.1, 0.15) is 12.8 Å². The Kier molecular flexibility index (Phi) is 3.28. The molecule has 0 bridgehead atoms. The van der Waals surface area contributed by atoms with Gasteiger partial charge in [0, 0.05) is 28.4 Å². The minimum Gasteiger partial charge on any atom is -0.492 e. The molecule has 0 spiro atoms. The lowest BCUT2D eigenvalue weighted by atomic mass is 10.1. The SMILES string of the molecule is c1ccc2c(c1)[nH]c1ccc(OCCN3CCCC3)cc12. The van der Waals surface area contributed by atoms with Crippen molar-refractivity contribution >= 4 is 21.8 Å². The first-order valence-corrected chi connectivity index (χ1v) is 7.76. The van der Waals surface area contributed by atoms with Crippen LogP contribution in [-0.4, -0.2) is 36.1 Å². The number of hydrogen-bond acceptors (Lipinski definition) is 2. The van der Waals surface area contributed by atoms with Crippen molar-refractivity contribution in [2.75, 3.05) is 26.2 Å². The van der Waals surface area contributed by atoms with Crippen molar-refractivity contribution in [1.82, 2.24) is 9.88 Å². The van der Waals surface area contributed by atoms with E-state index < -0.39 is 0 Å². The second-order valence-corrected chi connectivity index (χ2v) is 5.78. The fourth-order valence-electron chi connectivity index (χ4n) is 3.22. The molecule has 1 aromatic heterocycles. The summed E-state index contributed by atoms with van der Waals surface area (Å²) in [7, 11) is 0. The van der Waals surface area contributed by atoms with Crippen LogP contribution in [0, 0.1) is 0 Å². The smallest absolute Gasteiger partial charge is 0.120 e. The monoisotopic (exact) mass is 280 g/mol. The second-order valence-electron chi connectivity index (χ2n) is 5.78. The van der Waals surface area contributed by atoms with Gasteiger partial charge in [-0.1, -0.05) is 18.2 Å². The third-order valence-corrected chi connectivity index (χ3v) is 4.35. The zero-order valence-corrected chi connectivity index (χ0v) is 12.1. The van der Waals surface area contributed by atoms with E-state index in [1.54, 1.807) is 0 Å². The molecule has 21 heavy (non-hydrogen) atoms. The number of fused-ring (bicyclic) bond motifs is 3. The summed E-state index contributed by atoms with van der Waals surface area (Å²) in [4.78, 5) is 5.92. The van der Waals surface area contributed by atoms with Crippen molar-refractivity contribution in [3.8, 4) is 5.75 Å².